The Bertz CT molecular complexity index is 420. The second kappa shape index (κ2) is 7.14. The highest BCUT2D eigenvalue weighted by molar-refractivity contribution is 5.78. The first-order valence-corrected chi connectivity index (χ1v) is 6.99. The molecular formula is C15H22N2O2. The molecule has 0 bridgehead atoms. The summed E-state index contributed by atoms with van der Waals surface area (Å²) in [5.74, 6) is 1.09. The maximum atomic E-state index is 11.1. The topological polar surface area (TPSA) is 50.4 Å². The molecule has 2 rings (SSSR count). The van der Waals surface area contributed by atoms with Crippen LogP contribution >= 0.6 is 0 Å². The third-order valence-corrected chi connectivity index (χ3v) is 3.18. The van der Waals surface area contributed by atoms with Crippen molar-refractivity contribution in [3.63, 3.8) is 0 Å². The molecule has 19 heavy (non-hydrogen) atoms. The van der Waals surface area contributed by atoms with Gasteiger partial charge in [-0.05, 0) is 30.5 Å². The number of carbonyl (C=O) groups is 1. The van der Waals surface area contributed by atoms with E-state index in [-0.39, 0.29) is 11.9 Å². The van der Waals surface area contributed by atoms with Crippen molar-refractivity contribution in [1.29, 1.82) is 0 Å². The van der Waals surface area contributed by atoms with Gasteiger partial charge in [-0.2, -0.15) is 0 Å². The van der Waals surface area contributed by atoms with E-state index in [9.17, 15) is 4.79 Å². The molecule has 1 unspecified atom stereocenters. The average Bonchev–Trinajstić information content (AvgIpc) is 2.83. The molecule has 1 atom stereocenters. The van der Waals surface area contributed by atoms with Crippen LogP contribution in [0.15, 0.2) is 24.3 Å². The minimum Gasteiger partial charge on any atom is -0.494 e. The van der Waals surface area contributed by atoms with Gasteiger partial charge >= 0.3 is 0 Å². The van der Waals surface area contributed by atoms with Crippen LogP contribution in [0.1, 0.15) is 31.7 Å². The zero-order valence-corrected chi connectivity index (χ0v) is 11.4. The fourth-order valence-corrected chi connectivity index (χ4v) is 2.19. The molecule has 1 saturated heterocycles. The second-order valence-electron chi connectivity index (χ2n) is 4.93. The summed E-state index contributed by atoms with van der Waals surface area (Å²) < 4.78 is 5.60. The number of benzene rings is 1. The van der Waals surface area contributed by atoms with Crippen molar-refractivity contribution in [2.45, 2.75) is 38.8 Å². The largest absolute Gasteiger partial charge is 0.494 e. The zero-order valence-electron chi connectivity index (χ0n) is 11.4. The number of hydrogen-bond acceptors (Lipinski definition) is 3. The summed E-state index contributed by atoms with van der Waals surface area (Å²) in [5, 5.41) is 6.33. The molecule has 1 aliphatic heterocycles. The number of amides is 1. The Balaban J connectivity index is 1.74. The second-order valence-corrected chi connectivity index (χ2v) is 4.93. The van der Waals surface area contributed by atoms with Crippen LogP contribution in [0.25, 0.3) is 0 Å². The predicted molar refractivity (Wildman–Crippen MR) is 75.1 cm³/mol. The van der Waals surface area contributed by atoms with Crippen LogP contribution in [0.5, 0.6) is 5.75 Å². The first-order valence-electron chi connectivity index (χ1n) is 6.99. The van der Waals surface area contributed by atoms with Crippen molar-refractivity contribution >= 4 is 5.91 Å². The van der Waals surface area contributed by atoms with Gasteiger partial charge in [0.2, 0.25) is 5.91 Å². The lowest BCUT2D eigenvalue weighted by molar-refractivity contribution is -0.119. The quantitative estimate of drug-likeness (QED) is 0.788. The fraction of sp³-hybridized carbons (Fsp3) is 0.533. The summed E-state index contributed by atoms with van der Waals surface area (Å²) in [6, 6.07) is 8.43. The molecule has 4 nitrogen and oxygen atoms in total. The van der Waals surface area contributed by atoms with Crippen LogP contribution < -0.4 is 15.4 Å². The maximum absolute atomic E-state index is 11.1. The van der Waals surface area contributed by atoms with Crippen LogP contribution in [0.2, 0.25) is 0 Å². The Morgan fingerprint density at radius 2 is 2.37 bits per heavy atom. The lowest BCUT2D eigenvalue weighted by Gasteiger charge is -2.12. The fourth-order valence-electron chi connectivity index (χ4n) is 2.19. The normalized spacial score (nSPS) is 18.4. The number of carbonyl (C=O) groups excluding carboxylic acids is 1. The molecule has 1 aromatic rings. The van der Waals surface area contributed by atoms with E-state index >= 15 is 0 Å². The third kappa shape index (κ3) is 4.56. The highest BCUT2D eigenvalue weighted by Crippen LogP contribution is 2.13. The molecule has 1 amide bonds. The van der Waals surface area contributed by atoms with Crippen molar-refractivity contribution in [2.24, 2.45) is 0 Å². The van der Waals surface area contributed by atoms with Crippen molar-refractivity contribution in [3.8, 4) is 5.75 Å². The Hall–Kier alpha value is -1.55. The van der Waals surface area contributed by atoms with Gasteiger partial charge in [0.25, 0.3) is 0 Å². The monoisotopic (exact) mass is 262 g/mol. The van der Waals surface area contributed by atoms with E-state index in [1.807, 2.05) is 12.1 Å². The Labute approximate surface area is 114 Å². The SMILES string of the molecule is CCCOc1cccc(CNCC2CCC(=O)N2)c1. The molecule has 0 saturated carbocycles. The van der Waals surface area contributed by atoms with Crippen LogP contribution in [0.3, 0.4) is 0 Å². The number of nitrogens with one attached hydrogen (secondary N) is 2. The van der Waals surface area contributed by atoms with Gasteiger partial charge in [-0.15, -0.1) is 0 Å². The van der Waals surface area contributed by atoms with Gasteiger partial charge in [0.15, 0.2) is 0 Å². The van der Waals surface area contributed by atoms with Gasteiger partial charge in [0.05, 0.1) is 6.61 Å². The molecule has 0 spiro atoms. The van der Waals surface area contributed by atoms with E-state index in [0.29, 0.717) is 6.42 Å². The standard InChI is InChI=1S/C15H22N2O2/c1-2-8-19-14-5-3-4-12(9-14)10-16-11-13-6-7-15(18)17-13/h3-5,9,13,16H,2,6-8,10-11H2,1H3,(H,17,18). The van der Waals surface area contributed by atoms with Gasteiger partial charge in [0.1, 0.15) is 5.75 Å². The average molecular weight is 262 g/mol. The van der Waals surface area contributed by atoms with Crippen LogP contribution in [0, 0.1) is 0 Å². The van der Waals surface area contributed by atoms with E-state index in [0.717, 1.165) is 38.3 Å². The molecule has 0 aliphatic carbocycles. The molecule has 104 valence electrons. The van der Waals surface area contributed by atoms with Gasteiger partial charge in [-0.1, -0.05) is 19.1 Å². The smallest absolute Gasteiger partial charge is 0.220 e. The molecule has 1 heterocycles. The molecule has 1 fully saturated rings. The van der Waals surface area contributed by atoms with Gasteiger partial charge in [0, 0.05) is 25.6 Å². The number of ether oxygens (including phenoxy) is 1. The molecule has 1 aromatic carbocycles. The first-order chi connectivity index (χ1) is 9.28. The summed E-state index contributed by atoms with van der Waals surface area (Å²) >= 11 is 0. The summed E-state index contributed by atoms with van der Waals surface area (Å²) in [6.07, 6.45) is 2.61. The lowest BCUT2D eigenvalue weighted by atomic mass is 10.2. The third-order valence-electron chi connectivity index (χ3n) is 3.18. The minimum atomic E-state index is 0.168. The Morgan fingerprint density at radius 1 is 1.47 bits per heavy atom. The lowest BCUT2D eigenvalue weighted by Crippen LogP contribution is -2.35. The van der Waals surface area contributed by atoms with E-state index < -0.39 is 0 Å². The summed E-state index contributed by atoms with van der Waals surface area (Å²) in [5.41, 5.74) is 1.21. The van der Waals surface area contributed by atoms with E-state index in [2.05, 4.69) is 29.7 Å². The number of rotatable bonds is 7. The van der Waals surface area contributed by atoms with E-state index in [1.165, 1.54) is 5.56 Å². The molecule has 1 aliphatic rings. The Kier molecular flexibility index (Phi) is 5.21. The van der Waals surface area contributed by atoms with Gasteiger partial charge in [-0.25, -0.2) is 0 Å². The van der Waals surface area contributed by atoms with Crippen molar-refractivity contribution in [3.05, 3.63) is 29.8 Å². The molecule has 4 heteroatoms. The van der Waals surface area contributed by atoms with Crippen LogP contribution in [-0.4, -0.2) is 25.1 Å². The summed E-state index contributed by atoms with van der Waals surface area (Å²) in [4.78, 5) is 11.1. The van der Waals surface area contributed by atoms with Crippen molar-refractivity contribution < 1.29 is 9.53 Å². The number of hydrogen-bond donors (Lipinski definition) is 2. The van der Waals surface area contributed by atoms with Crippen molar-refractivity contribution in [1.82, 2.24) is 10.6 Å². The first kappa shape index (κ1) is 13.9. The summed E-state index contributed by atoms with van der Waals surface area (Å²) in [6.45, 7) is 4.48. The Morgan fingerprint density at radius 3 is 3.11 bits per heavy atom. The molecule has 2 N–H and O–H groups in total. The maximum Gasteiger partial charge on any atom is 0.220 e. The highest BCUT2D eigenvalue weighted by atomic mass is 16.5. The highest BCUT2D eigenvalue weighted by Gasteiger charge is 2.19. The van der Waals surface area contributed by atoms with Crippen LogP contribution in [0.4, 0.5) is 0 Å². The van der Waals surface area contributed by atoms with E-state index in [4.69, 9.17) is 4.74 Å². The van der Waals surface area contributed by atoms with Crippen LogP contribution in [-0.2, 0) is 11.3 Å². The van der Waals surface area contributed by atoms with E-state index in [1.54, 1.807) is 0 Å². The van der Waals surface area contributed by atoms with Gasteiger partial charge < -0.3 is 15.4 Å². The van der Waals surface area contributed by atoms with Gasteiger partial charge in [-0.3, -0.25) is 4.79 Å². The summed E-state index contributed by atoms with van der Waals surface area (Å²) in [7, 11) is 0. The molecule has 0 aromatic heterocycles. The predicted octanol–water partition coefficient (Wildman–Crippen LogP) is 1.84. The van der Waals surface area contributed by atoms with Crippen molar-refractivity contribution in [2.75, 3.05) is 13.2 Å². The minimum absolute atomic E-state index is 0.168. The zero-order chi connectivity index (χ0) is 13.5. The molecular weight excluding hydrogens is 240 g/mol. The molecule has 0 radical (unpaired) electrons.